The fourth-order valence-corrected chi connectivity index (χ4v) is 6.16. The van der Waals surface area contributed by atoms with Gasteiger partial charge in [-0.15, -0.1) is 0 Å². The van der Waals surface area contributed by atoms with Gasteiger partial charge in [-0.2, -0.15) is 0 Å². The lowest BCUT2D eigenvalue weighted by molar-refractivity contribution is -0.278. The largest absolute Gasteiger partial charge is 0.392 e. The fourth-order valence-electron chi connectivity index (χ4n) is 6.16. The smallest absolute Gasteiger partial charge is 0.319 e. The number of carbonyl (C=O) groups excluding carboxylic acids is 1. The summed E-state index contributed by atoms with van der Waals surface area (Å²) in [5.41, 5.74) is 4.43. The molecule has 0 bridgehead atoms. The van der Waals surface area contributed by atoms with E-state index in [0.29, 0.717) is 25.4 Å². The third-order valence-electron chi connectivity index (χ3n) is 8.71. The molecule has 0 aromatic heterocycles. The first kappa shape index (κ1) is 29.7. The number of nitrogens with one attached hydrogen (secondary N) is 2. The Labute approximate surface area is 253 Å². The molecule has 0 saturated carbocycles. The zero-order chi connectivity index (χ0) is 29.6. The second-order valence-corrected chi connectivity index (χ2v) is 11.6. The number of aliphatic hydroxyl groups is 1. The van der Waals surface area contributed by atoms with E-state index in [-0.39, 0.29) is 30.8 Å². The van der Waals surface area contributed by atoms with Crippen LogP contribution in [0.15, 0.2) is 78.9 Å². The van der Waals surface area contributed by atoms with Crippen LogP contribution in [0.1, 0.15) is 54.4 Å². The molecule has 9 heteroatoms. The number of benzene rings is 3. The molecular weight excluding hydrogens is 546 g/mol. The summed E-state index contributed by atoms with van der Waals surface area (Å²) in [7, 11) is 0. The van der Waals surface area contributed by atoms with Crippen LogP contribution >= 0.6 is 0 Å². The molecule has 228 valence electrons. The minimum absolute atomic E-state index is 0.00167. The van der Waals surface area contributed by atoms with Crippen molar-refractivity contribution in [2.45, 2.75) is 57.2 Å². The van der Waals surface area contributed by atoms with Crippen LogP contribution < -0.4 is 10.6 Å². The van der Waals surface area contributed by atoms with Gasteiger partial charge in [0, 0.05) is 56.2 Å². The maximum atomic E-state index is 12.6. The van der Waals surface area contributed by atoms with E-state index in [4.69, 9.17) is 18.9 Å². The molecule has 3 fully saturated rings. The van der Waals surface area contributed by atoms with Gasteiger partial charge in [0.2, 0.25) is 0 Å². The molecule has 3 aliphatic heterocycles. The Morgan fingerprint density at radius 3 is 2.37 bits per heavy atom. The standard InChI is InChI=1S/C34H41N3O6/c1-24-30(22-37-16-14-34(15-17-37)40-18-19-41-34)42-32(43-31(24)27-12-10-26(23-38)11-13-27)28-8-5-9-29(20-28)36-33(39)35-21-25-6-3-2-4-7-25/h2-13,20,24,30-32,38H,14-19,21-23H2,1H3,(H2,35,36,39)/t24-,30+,31+,32+/m0/s1. The van der Waals surface area contributed by atoms with Crippen molar-refractivity contribution in [3.8, 4) is 0 Å². The number of rotatable bonds is 8. The highest BCUT2D eigenvalue weighted by Crippen LogP contribution is 2.42. The molecule has 3 aromatic carbocycles. The first-order chi connectivity index (χ1) is 21.0. The number of nitrogens with zero attached hydrogens (tertiary/aromatic N) is 1. The van der Waals surface area contributed by atoms with Gasteiger partial charge in [-0.25, -0.2) is 4.79 Å². The van der Waals surface area contributed by atoms with Gasteiger partial charge in [-0.3, -0.25) is 0 Å². The average Bonchev–Trinajstić information content (AvgIpc) is 3.50. The molecule has 3 heterocycles. The molecule has 2 amide bonds. The Kier molecular flexibility index (Phi) is 9.37. The number of amides is 2. The third kappa shape index (κ3) is 7.26. The summed E-state index contributed by atoms with van der Waals surface area (Å²) in [6.07, 6.45) is 0.780. The molecule has 4 atom stereocenters. The predicted octanol–water partition coefficient (Wildman–Crippen LogP) is 5.13. The first-order valence-electron chi connectivity index (χ1n) is 15.2. The molecule has 0 unspecified atom stereocenters. The van der Waals surface area contributed by atoms with Gasteiger partial charge in [0.1, 0.15) is 0 Å². The third-order valence-corrected chi connectivity index (χ3v) is 8.71. The van der Waals surface area contributed by atoms with Gasteiger partial charge in [-0.1, -0.05) is 73.7 Å². The van der Waals surface area contributed by atoms with E-state index in [1.165, 1.54) is 0 Å². The van der Waals surface area contributed by atoms with E-state index in [2.05, 4.69) is 22.5 Å². The summed E-state index contributed by atoms with van der Waals surface area (Å²) in [4.78, 5) is 15.1. The minimum Gasteiger partial charge on any atom is -0.392 e. The lowest BCUT2D eigenvalue weighted by Gasteiger charge is -2.44. The number of hydrogen-bond acceptors (Lipinski definition) is 7. The summed E-state index contributed by atoms with van der Waals surface area (Å²) in [5, 5.41) is 15.4. The van der Waals surface area contributed by atoms with Crippen molar-refractivity contribution < 1.29 is 28.8 Å². The molecule has 6 rings (SSSR count). The highest BCUT2D eigenvalue weighted by atomic mass is 16.7. The Hall–Kier alpha value is -3.31. The van der Waals surface area contributed by atoms with Crippen LogP contribution in [-0.2, 0) is 32.1 Å². The van der Waals surface area contributed by atoms with Crippen molar-refractivity contribution in [1.82, 2.24) is 10.2 Å². The average molecular weight is 588 g/mol. The maximum absolute atomic E-state index is 12.6. The van der Waals surface area contributed by atoms with Crippen molar-refractivity contribution in [2.24, 2.45) is 5.92 Å². The highest BCUT2D eigenvalue weighted by Gasteiger charge is 2.43. The minimum atomic E-state index is -0.615. The fraction of sp³-hybridized carbons (Fsp3) is 0.441. The van der Waals surface area contributed by atoms with Crippen LogP contribution in [0.4, 0.5) is 10.5 Å². The maximum Gasteiger partial charge on any atom is 0.319 e. The molecule has 3 aliphatic rings. The van der Waals surface area contributed by atoms with Crippen LogP contribution in [0, 0.1) is 5.92 Å². The van der Waals surface area contributed by atoms with Gasteiger partial charge in [0.15, 0.2) is 12.1 Å². The van der Waals surface area contributed by atoms with E-state index in [0.717, 1.165) is 54.7 Å². The monoisotopic (exact) mass is 587 g/mol. The summed E-state index contributed by atoms with van der Waals surface area (Å²) < 4.78 is 25.2. The second kappa shape index (κ2) is 13.5. The molecule has 1 spiro atoms. The Balaban J connectivity index is 1.16. The number of aliphatic hydroxyl groups excluding tert-OH is 1. The van der Waals surface area contributed by atoms with Crippen molar-refractivity contribution in [2.75, 3.05) is 38.2 Å². The van der Waals surface area contributed by atoms with E-state index in [9.17, 15) is 9.90 Å². The van der Waals surface area contributed by atoms with Gasteiger partial charge in [0.25, 0.3) is 0 Å². The SMILES string of the molecule is C[C@H]1[C@@H](CN2CCC3(CC2)OCCO3)O[C@@H](c2cccc(NC(=O)NCc3ccccc3)c2)O[C@H]1c1ccc(CO)cc1. The lowest BCUT2D eigenvalue weighted by Crippen LogP contribution is -2.50. The predicted molar refractivity (Wildman–Crippen MR) is 162 cm³/mol. The van der Waals surface area contributed by atoms with Crippen molar-refractivity contribution in [1.29, 1.82) is 0 Å². The van der Waals surface area contributed by atoms with E-state index in [1.807, 2.05) is 78.9 Å². The van der Waals surface area contributed by atoms with Crippen molar-refractivity contribution >= 4 is 11.7 Å². The molecule has 3 aromatic rings. The molecule has 0 radical (unpaired) electrons. The zero-order valence-electron chi connectivity index (χ0n) is 24.6. The Bertz CT molecular complexity index is 1340. The Morgan fingerprint density at radius 2 is 1.65 bits per heavy atom. The van der Waals surface area contributed by atoms with Crippen LogP contribution in [0.25, 0.3) is 0 Å². The topological polar surface area (TPSA) is 102 Å². The quantitative estimate of drug-likeness (QED) is 0.336. The van der Waals surface area contributed by atoms with Crippen LogP contribution in [0.2, 0.25) is 0 Å². The zero-order valence-corrected chi connectivity index (χ0v) is 24.6. The van der Waals surface area contributed by atoms with Gasteiger partial charge >= 0.3 is 6.03 Å². The Morgan fingerprint density at radius 1 is 0.907 bits per heavy atom. The molecule has 9 nitrogen and oxygen atoms in total. The number of hydrogen-bond donors (Lipinski definition) is 3. The number of urea groups is 1. The summed E-state index contributed by atoms with van der Waals surface area (Å²) >= 11 is 0. The normalized spacial score (nSPS) is 25.4. The van der Waals surface area contributed by atoms with Crippen LogP contribution in [-0.4, -0.2) is 60.8 Å². The van der Waals surface area contributed by atoms with Crippen molar-refractivity contribution in [3.05, 3.63) is 101 Å². The highest BCUT2D eigenvalue weighted by molar-refractivity contribution is 5.89. The molecule has 3 N–H and O–H groups in total. The van der Waals surface area contributed by atoms with Crippen molar-refractivity contribution in [3.63, 3.8) is 0 Å². The summed E-state index contributed by atoms with van der Waals surface area (Å²) in [6, 6.07) is 25.1. The number of piperidine rings is 1. The number of ether oxygens (including phenoxy) is 4. The van der Waals surface area contributed by atoms with Crippen LogP contribution in [0.3, 0.4) is 0 Å². The summed E-state index contributed by atoms with van der Waals surface area (Å²) in [5.74, 6) is -0.338. The number of anilines is 1. The number of carbonyl (C=O) groups is 1. The second-order valence-electron chi connectivity index (χ2n) is 11.6. The van der Waals surface area contributed by atoms with Crippen LogP contribution in [0.5, 0.6) is 0 Å². The van der Waals surface area contributed by atoms with Gasteiger partial charge in [0.05, 0.1) is 32.0 Å². The first-order valence-corrected chi connectivity index (χ1v) is 15.2. The molecule has 0 aliphatic carbocycles. The van der Waals surface area contributed by atoms with Gasteiger partial charge < -0.3 is 39.6 Å². The van der Waals surface area contributed by atoms with E-state index >= 15 is 0 Å². The number of likely N-dealkylation sites (tertiary alicyclic amines) is 1. The van der Waals surface area contributed by atoms with E-state index < -0.39 is 12.1 Å². The molecular formula is C34H41N3O6. The van der Waals surface area contributed by atoms with E-state index in [1.54, 1.807) is 0 Å². The summed E-state index contributed by atoms with van der Waals surface area (Å²) in [6.45, 7) is 6.47. The van der Waals surface area contributed by atoms with Gasteiger partial charge in [-0.05, 0) is 28.8 Å². The molecule has 3 saturated heterocycles. The lowest BCUT2D eigenvalue weighted by atomic mass is 9.89. The molecule has 43 heavy (non-hydrogen) atoms.